The lowest BCUT2D eigenvalue weighted by Gasteiger charge is -2.42. The molecule has 0 aromatic carbocycles. The molecule has 46 heavy (non-hydrogen) atoms. The number of methoxy groups -OCH3 is 1. The summed E-state index contributed by atoms with van der Waals surface area (Å²) < 4.78 is 19.8. The van der Waals surface area contributed by atoms with Crippen molar-refractivity contribution < 1.29 is 33.4 Å². The Bertz CT molecular complexity index is 1420. The molecule has 0 spiro atoms. The van der Waals surface area contributed by atoms with Gasteiger partial charge in [-0.05, 0) is 65.5 Å². The maximum atomic E-state index is 14.1. The number of unbranched alkanes of at least 4 members (excludes halogenated alkanes) is 1. The van der Waals surface area contributed by atoms with Crippen LogP contribution in [0.5, 0.6) is 0 Å². The van der Waals surface area contributed by atoms with Crippen LogP contribution in [0.25, 0.3) is 11.3 Å². The number of carbonyl (C=O) groups excluding carboxylic acids is 4. The van der Waals surface area contributed by atoms with E-state index in [9.17, 15) is 19.2 Å². The second kappa shape index (κ2) is 13.6. The summed E-state index contributed by atoms with van der Waals surface area (Å²) >= 11 is 0. The van der Waals surface area contributed by atoms with Gasteiger partial charge in [-0.15, -0.1) is 0 Å². The third-order valence-corrected chi connectivity index (χ3v) is 10.1. The number of pyridine rings is 1. The van der Waals surface area contributed by atoms with E-state index in [1.165, 1.54) is 0 Å². The standard InChI is InChI=1S/C35H50N4O7/c1-22-17-34(7,44-9)20-33(5,6)30(41)24(3)31(42)45-25(4)35(8)29(23(2)28(22)40)39(32(43)46-35)16-11-10-15-38-19-27(37-21-38)26-13-12-14-36-18-26/h12-14,18-19,21-25,29H,10-11,15-17,20H2,1-9H3/t22-,23+,24-,25-,29-,34-,35-/m1/s1. The summed E-state index contributed by atoms with van der Waals surface area (Å²) in [7, 11) is 1.58. The van der Waals surface area contributed by atoms with E-state index >= 15 is 0 Å². The van der Waals surface area contributed by atoms with Gasteiger partial charge in [-0.3, -0.25) is 19.4 Å². The first-order valence-corrected chi connectivity index (χ1v) is 16.3. The number of aromatic nitrogens is 3. The van der Waals surface area contributed by atoms with Crippen LogP contribution < -0.4 is 0 Å². The fourth-order valence-corrected chi connectivity index (χ4v) is 7.46. The maximum Gasteiger partial charge on any atom is 0.410 e. The molecule has 2 aromatic rings. The summed E-state index contributed by atoms with van der Waals surface area (Å²) in [5.74, 6) is -3.09. The molecule has 4 heterocycles. The quantitative estimate of drug-likeness (QED) is 0.219. The number of imidazole rings is 1. The van der Waals surface area contributed by atoms with E-state index in [-0.39, 0.29) is 11.6 Å². The van der Waals surface area contributed by atoms with Crippen LogP contribution in [0.3, 0.4) is 0 Å². The maximum absolute atomic E-state index is 14.1. The molecule has 0 bridgehead atoms. The summed E-state index contributed by atoms with van der Waals surface area (Å²) in [6.07, 6.45) is 7.87. The number of Topliss-reactive ketones (excluding diaryl/α,β-unsaturated/α-hetero) is 2. The Balaban J connectivity index is 1.57. The zero-order valence-electron chi connectivity index (χ0n) is 28.7. The summed E-state index contributed by atoms with van der Waals surface area (Å²) in [6, 6.07) is 3.13. The number of ketones is 2. The lowest BCUT2D eigenvalue weighted by molar-refractivity contribution is -0.170. The SMILES string of the molecule is CO[C@]1(C)C[C@@H](C)C(=O)[C@H](C)[C@H]2N(CCCCn3cnc(-c4cccnc4)c3)C(=O)O[C@]2(C)[C@@H](C)OC(=O)[C@H](C)C(=O)C(C)(C)C1. The van der Waals surface area contributed by atoms with E-state index in [0.29, 0.717) is 32.4 Å². The molecule has 2 aromatic heterocycles. The van der Waals surface area contributed by atoms with Crippen molar-refractivity contribution in [1.82, 2.24) is 19.4 Å². The van der Waals surface area contributed by atoms with Crippen molar-refractivity contribution in [2.45, 2.75) is 111 Å². The molecule has 1 amide bonds. The molecule has 0 N–H and O–H groups in total. The van der Waals surface area contributed by atoms with Gasteiger partial charge < -0.3 is 23.7 Å². The summed E-state index contributed by atoms with van der Waals surface area (Å²) in [4.78, 5) is 64.8. The number of amides is 1. The van der Waals surface area contributed by atoms with Gasteiger partial charge in [-0.1, -0.05) is 27.7 Å². The number of aryl methyl sites for hydroxylation is 1. The molecular weight excluding hydrogens is 588 g/mol. The molecule has 0 radical (unpaired) electrons. The number of fused-ring (bicyclic) bond motifs is 1. The van der Waals surface area contributed by atoms with Crippen LogP contribution in [0.4, 0.5) is 4.79 Å². The topological polar surface area (TPSA) is 130 Å². The first kappa shape index (κ1) is 35.3. The molecule has 0 saturated carbocycles. The molecule has 2 aliphatic heterocycles. The molecule has 11 heteroatoms. The third-order valence-electron chi connectivity index (χ3n) is 10.1. The van der Waals surface area contributed by atoms with Crippen molar-refractivity contribution >= 4 is 23.6 Å². The second-order valence-electron chi connectivity index (χ2n) is 14.3. The monoisotopic (exact) mass is 638 g/mol. The van der Waals surface area contributed by atoms with Crippen molar-refractivity contribution in [2.24, 2.45) is 23.2 Å². The molecule has 2 fully saturated rings. The van der Waals surface area contributed by atoms with Gasteiger partial charge in [-0.25, -0.2) is 9.78 Å². The lowest BCUT2D eigenvalue weighted by Crippen LogP contribution is -2.57. The highest BCUT2D eigenvalue weighted by atomic mass is 16.6. The number of ether oxygens (including phenoxy) is 3. The van der Waals surface area contributed by atoms with Gasteiger partial charge in [0.25, 0.3) is 0 Å². The number of esters is 1. The molecule has 0 unspecified atom stereocenters. The van der Waals surface area contributed by atoms with Crippen LogP contribution >= 0.6 is 0 Å². The Morgan fingerprint density at radius 1 is 1.02 bits per heavy atom. The molecule has 7 atom stereocenters. The lowest BCUT2D eigenvalue weighted by atomic mass is 9.70. The highest BCUT2D eigenvalue weighted by Crippen LogP contribution is 2.42. The van der Waals surface area contributed by atoms with Gasteiger partial charge in [0.2, 0.25) is 0 Å². The number of nitrogens with zero attached hydrogens (tertiary/aromatic N) is 4. The van der Waals surface area contributed by atoms with E-state index in [0.717, 1.165) is 17.7 Å². The fraction of sp³-hybridized carbons (Fsp3) is 0.657. The minimum atomic E-state index is -1.32. The molecular formula is C35H50N4O7. The van der Waals surface area contributed by atoms with Gasteiger partial charge in [0.1, 0.15) is 17.8 Å². The van der Waals surface area contributed by atoms with E-state index in [4.69, 9.17) is 14.2 Å². The van der Waals surface area contributed by atoms with Crippen molar-refractivity contribution in [1.29, 1.82) is 0 Å². The highest BCUT2D eigenvalue weighted by Gasteiger charge is 2.59. The van der Waals surface area contributed by atoms with Crippen LogP contribution in [-0.4, -0.2) is 80.1 Å². The van der Waals surface area contributed by atoms with Gasteiger partial charge in [0, 0.05) is 61.6 Å². The average molecular weight is 639 g/mol. The number of rotatable bonds is 7. The predicted molar refractivity (Wildman–Crippen MR) is 172 cm³/mol. The molecule has 4 rings (SSSR count). The summed E-state index contributed by atoms with van der Waals surface area (Å²) in [5, 5.41) is 0. The number of carbonyl (C=O) groups is 4. The first-order valence-electron chi connectivity index (χ1n) is 16.3. The van der Waals surface area contributed by atoms with Crippen molar-refractivity contribution in [2.75, 3.05) is 13.7 Å². The molecule has 2 aliphatic rings. The van der Waals surface area contributed by atoms with Crippen molar-refractivity contribution in [3.8, 4) is 11.3 Å². The van der Waals surface area contributed by atoms with Crippen LogP contribution in [0.1, 0.15) is 81.1 Å². The van der Waals surface area contributed by atoms with Gasteiger partial charge >= 0.3 is 12.1 Å². The van der Waals surface area contributed by atoms with E-state index in [2.05, 4.69) is 9.97 Å². The first-order chi connectivity index (χ1) is 21.5. The highest BCUT2D eigenvalue weighted by molar-refractivity contribution is 6.01. The van der Waals surface area contributed by atoms with Crippen LogP contribution in [0, 0.1) is 23.2 Å². The van der Waals surface area contributed by atoms with E-state index in [1.807, 2.05) is 43.7 Å². The Morgan fingerprint density at radius 3 is 2.37 bits per heavy atom. The predicted octanol–water partition coefficient (Wildman–Crippen LogP) is 5.51. The number of cyclic esters (lactones) is 1. The second-order valence-corrected chi connectivity index (χ2v) is 14.3. The van der Waals surface area contributed by atoms with Gasteiger partial charge in [0.05, 0.1) is 23.7 Å². The minimum Gasteiger partial charge on any atom is -0.458 e. The Labute approximate surface area is 272 Å². The molecule has 252 valence electrons. The minimum absolute atomic E-state index is 0.0442. The Hall–Kier alpha value is -3.60. The molecule has 2 saturated heterocycles. The number of hydrogen-bond acceptors (Lipinski definition) is 9. The normalized spacial score (nSPS) is 32.5. The summed E-state index contributed by atoms with van der Waals surface area (Å²) in [5.41, 5.74) is -1.27. The zero-order valence-corrected chi connectivity index (χ0v) is 28.7. The molecule has 11 nitrogen and oxygen atoms in total. The van der Waals surface area contributed by atoms with Gasteiger partial charge in [0.15, 0.2) is 11.4 Å². The van der Waals surface area contributed by atoms with Crippen LogP contribution in [0.15, 0.2) is 37.1 Å². The molecule has 0 aliphatic carbocycles. The Kier molecular flexibility index (Phi) is 10.4. The van der Waals surface area contributed by atoms with Crippen molar-refractivity contribution in [3.63, 3.8) is 0 Å². The third kappa shape index (κ3) is 7.19. The number of hydrogen-bond donors (Lipinski definition) is 0. The largest absolute Gasteiger partial charge is 0.458 e. The zero-order chi connectivity index (χ0) is 34.0. The average Bonchev–Trinajstić information content (AvgIpc) is 3.59. The Morgan fingerprint density at radius 2 is 1.72 bits per heavy atom. The van der Waals surface area contributed by atoms with Crippen molar-refractivity contribution in [3.05, 3.63) is 37.1 Å². The van der Waals surface area contributed by atoms with Gasteiger partial charge in [-0.2, -0.15) is 0 Å². The van der Waals surface area contributed by atoms with E-state index < -0.39 is 58.6 Å². The van der Waals surface area contributed by atoms with E-state index in [1.54, 1.807) is 65.3 Å². The summed E-state index contributed by atoms with van der Waals surface area (Å²) in [6.45, 7) is 15.2. The van der Waals surface area contributed by atoms with Crippen LogP contribution in [-0.2, 0) is 35.1 Å². The fourth-order valence-electron chi connectivity index (χ4n) is 7.46. The smallest absolute Gasteiger partial charge is 0.410 e. The van der Waals surface area contributed by atoms with Crippen LogP contribution in [0.2, 0.25) is 0 Å².